The molecule has 3 N–H and O–H groups in total. The lowest BCUT2D eigenvalue weighted by Crippen LogP contribution is -2.35. The third-order valence-electron chi connectivity index (χ3n) is 3.60. The van der Waals surface area contributed by atoms with Gasteiger partial charge in [-0.3, -0.25) is 9.59 Å². The van der Waals surface area contributed by atoms with Crippen LogP contribution in [-0.4, -0.2) is 24.5 Å². The van der Waals surface area contributed by atoms with Crippen molar-refractivity contribution in [3.8, 4) is 11.1 Å². The number of hydrogen-bond donors (Lipinski definition) is 2. The number of nitrogens with one attached hydrogen (secondary N) is 1. The summed E-state index contributed by atoms with van der Waals surface area (Å²) in [6.45, 7) is 3.85. The van der Waals surface area contributed by atoms with E-state index in [4.69, 9.17) is 10.5 Å². The number of esters is 1. The van der Waals surface area contributed by atoms with Gasteiger partial charge in [0.05, 0.1) is 18.6 Å². The van der Waals surface area contributed by atoms with Gasteiger partial charge < -0.3 is 15.8 Å². The van der Waals surface area contributed by atoms with Gasteiger partial charge in [0.25, 0.3) is 5.91 Å². The number of anilines is 1. The average molecular weight is 452 g/mol. The van der Waals surface area contributed by atoms with E-state index in [2.05, 4.69) is 27.9 Å². The van der Waals surface area contributed by atoms with Crippen molar-refractivity contribution in [2.75, 3.05) is 12.3 Å². The number of benzene rings is 2. The minimum absolute atomic E-state index is 0.125. The fourth-order valence-electron chi connectivity index (χ4n) is 2.56. The van der Waals surface area contributed by atoms with Gasteiger partial charge in [-0.05, 0) is 54.1 Å². The van der Waals surface area contributed by atoms with Gasteiger partial charge in [0.15, 0.2) is 0 Å². The van der Waals surface area contributed by atoms with E-state index in [0.29, 0.717) is 23.4 Å². The fraction of sp³-hybridized carbons (Fsp3) is 0.263. The first-order valence-electron chi connectivity index (χ1n) is 8.03. The summed E-state index contributed by atoms with van der Waals surface area (Å²) in [5, 5.41) is 2.85. The molecule has 1 amide bonds. The number of nitrogen functional groups attached to an aromatic ring is 1. The van der Waals surface area contributed by atoms with Crippen LogP contribution in [0.1, 0.15) is 30.6 Å². The minimum atomic E-state index is -0.339. The van der Waals surface area contributed by atoms with Crippen LogP contribution in [0.4, 0.5) is 5.69 Å². The SMILES string of the molecule is CCOC(=O)CC(C)NC(=O)c1cc(I)cc(N)c1-c1ccccc1. The van der Waals surface area contributed by atoms with E-state index in [9.17, 15) is 9.59 Å². The number of nitrogens with two attached hydrogens (primary N) is 1. The van der Waals surface area contributed by atoms with E-state index >= 15 is 0 Å². The molecule has 0 aliphatic heterocycles. The Balaban J connectivity index is 2.29. The molecule has 0 heterocycles. The fourth-order valence-corrected chi connectivity index (χ4v) is 3.20. The molecular formula is C19H21IN2O3. The van der Waals surface area contributed by atoms with Crippen LogP contribution in [0.3, 0.4) is 0 Å². The Hall–Kier alpha value is -2.09. The molecule has 25 heavy (non-hydrogen) atoms. The molecule has 1 unspecified atom stereocenters. The molecule has 0 fully saturated rings. The summed E-state index contributed by atoms with van der Waals surface area (Å²) in [7, 11) is 0. The predicted octanol–water partition coefficient (Wildman–Crippen LogP) is 3.61. The van der Waals surface area contributed by atoms with Crippen LogP contribution in [0.15, 0.2) is 42.5 Å². The topological polar surface area (TPSA) is 81.4 Å². The highest BCUT2D eigenvalue weighted by molar-refractivity contribution is 14.1. The molecule has 0 radical (unpaired) electrons. The number of hydrogen-bond acceptors (Lipinski definition) is 4. The van der Waals surface area contributed by atoms with Gasteiger partial charge in [-0.2, -0.15) is 0 Å². The first kappa shape index (κ1) is 19.2. The Morgan fingerprint density at radius 2 is 1.92 bits per heavy atom. The van der Waals surface area contributed by atoms with Crippen LogP contribution in [0, 0.1) is 3.57 Å². The molecule has 2 aromatic rings. The molecule has 2 aromatic carbocycles. The average Bonchev–Trinajstić information content (AvgIpc) is 2.54. The molecular weight excluding hydrogens is 431 g/mol. The largest absolute Gasteiger partial charge is 0.466 e. The molecule has 0 saturated heterocycles. The Morgan fingerprint density at radius 1 is 1.24 bits per heavy atom. The van der Waals surface area contributed by atoms with Gasteiger partial charge in [0.2, 0.25) is 0 Å². The van der Waals surface area contributed by atoms with Crippen molar-refractivity contribution < 1.29 is 14.3 Å². The predicted molar refractivity (Wildman–Crippen MR) is 107 cm³/mol. The van der Waals surface area contributed by atoms with Crippen molar-refractivity contribution in [1.29, 1.82) is 0 Å². The maximum Gasteiger partial charge on any atom is 0.307 e. The van der Waals surface area contributed by atoms with Crippen molar-refractivity contribution in [3.63, 3.8) is 0 Å². The molecule has 0 aliphatic carbocycles. The number of carbonyl (C=O) groups is 2. The normalized spacial score (nSPS) is 11.6. The molecule has 0 aliphatic rings. The van der Waals surface area contributed by atoms with Gasteiger partial charge >= 0.3 is 5.97 Å². The van der Waals surface area contributed by atoms with Gasteiger partial charge in [-0.25, -0.2) is 0 Å². The molecule has 2 rings (SSSR count). The van der Waals surface area contributed by atoms with Crippen molar-refractivity contribution in [1.82, 2.24) is 5.32 Å². The molecule has 5 nitrogen and oxygen atoms in total. The van der Waals surface area contributed by atoms with E-state index in [1.807, 2.05) is 36.4 Å². The second-order valence-electron chi connectivity index (χ2n) is 5.67. The molecule has 0 aromatic heterocycles. The highest BCUT2D eigenvalue weighted by atomic mass is 127. The molecule has 132 valence electrons. The van der Waals surface area contributed by atoms with E-state index < -0.39 is 0 Å². The Morgan fingerprint density at radius 3 is 2.56 bits per heavy atom. The third kappa shape index (κ3) is 5.19. The second-order valence-corrected chi connectivity index (χ2v) is 6.91. The summed E-state index contributed by atoms with van der Waals surface area (Å²) in [4.78, 5) is 24.3. The molecule has 0 bridgehead atoms. The Kier molecular flexibility index (Phi) is 6.81. The highest BCUT2D eigenvalue weighted by Gasteiger charge is 2.19. The number of halogens is 1. The van der Waals surface area contributed by atoms with Crippen molar-refractivity contribution in [2.24, 2.45) is 0 Å². The van der Waals surface area contributed by atoms with Crippen molar-refractivity contribution in [3.05, 3.63) is 51.6 Å². The Labute approximate surface area is 161 Å². The summed E-state index contributed by atoms with van der Waals surface area (Å²) in [5.74, 6) is -0.596. The summed E-state index contributed by atoms with van der Waals surface area (Å²) < 4.78 is 5.79. The van der Waals surface area contributed by atoms with Crippen LogP contribution in [0.2, 0.25) is 0 Å². The van der Waals surface area contributed by atoms with Crippen LogP contribution < -0.4 is 11.1 Å². The maximum atomic E-state index is 12.8. The minimum Gasteiger partial charge on any atom is -0.466 e. The summed E-state index contributed by atoms with van der Waals surface area (Å²) in [6, 6.07) is 12.8. The van der Waals surface area contributed by atoms with Crippen LogP contribution in [-0.2, 0) is 9.53 Å². The van der Waals surface area contributed by atoms with Gasteiger partial charge in [0.1, 0.15) is 0 Å². The summed E-state index contributed by atoms with van der Waals surface area (Å²) in [5.41, 5.74) is 8.79. The number of amides is 1. The zero-order valence-electron chi connectivity index (χ0n) is 14.2. The van der Waals surface area contributed by atoms with Crippen molar-refractivity contribution >= 4 is 40.2 Å². The number of rotatable bonds is 6. The quantitative estimate of drug-likeness (QED) is 0.399. The van der Waals surface area contributed by atoms with Crippen LogP contribution in [0.25, 0.3) is 11.1 Å². The van der Waals surface area contributed by atoms with Crippen molar-refractivity contribution in [2.45, 2.75) is 26.3 Å². The lowest BCUT2D eigenvalue weighted by Gasteiger charge is -2.17. The van der Waals surface area contributed by atoms with E-state index in [-0.39, 0.29) is 24.3 Å². The summed E-state index contributed by atoms with van der Waals surface area (Å²) >= 11 is 2.13. The van der Waals surface area contributed by atoms with E-state index in [0.717, 1.165) is 9.13 Å². The lowest BCUT2D eigenvalue weighted by atomic mass is 9.97. The van der Waals surface area contributed by atoms with Crippen LogP contribution >= 0.6 is 22.6 Å². The monoisotopic (exact) mass is 452 g/mol. The zero-order chi connectivity index (χ0) is 18.4. The van der Waals surface area contributed by atoms with Gasteiger partial charge in [0, 0.05) is 20.9 Å². The third-order valence-corrected chi connectivity index (χ3v) is 4.22. The number of carbonyl (C=O) groups excluding carboxylic acids is 2. The molecule has 1 atom stereocenters. The highest BCUT2D eigenvalue weighted by Crippen LogP contribution is 2.31. The van der Waals surface area contributed by atoms with Crippen LogP contribution in [0.5, 0.6) is 0 Å². The van der Waals surface area contributed by atoms with Gasteiger partial charge in [-0.15, -0.1) is 0 Å². The molecule has 0 spiro atoms. The number of ether oxygens (including phenoxy) is 1. The van der Waals surface area contributed by atoms with E-state index in [1.54, 1.807) is 19.9 Å². The molecule has 0 saturated carbocycles. The van der Waals surface area contributed by atoms with E-state index in [1.165, 1.54) is 0 Å². The lowest BCUT2D eigenvalue weighted by molar-refractivity contribution is -0.143. The first-order chi connectivity index (χ1) is 11.9. The zero-order valence-corrected chi connectivity index (χ0v) is 16.4. The first-order valence-corrected chi connectivity index (χ1v) is 9.11. The second kappa shape index (κ2) is 8.84. The smallest absolute Gasteiger partial charge is 0.307 e. The maximum absolute atomic E-state index is 12.8. The van der Waals surface area contributed by atoms with Gasteiger partial charge in [-0.1, -0.05) is 30.3 Å². The summed E-state index contributed by atoms with van der Waals surface area (Å²) in [6.07, 6.45) is 0.125. The molecule has 6 heteroatoms. The standard InChI is InChI=1S/C19H21IN2O3/c1-3-25-17(23)9-12(2)22-19(24)15-10-14(20)11-16(21)18(15)13-7-5-4-6-8-13/h4-8,10-12H,3,9,21H2,1-2H3,(H,22,24). The Bertz CT molecular complexity index is 763.